The summed E-state index contributed by atoms with van der Waals surface area (Å²) in [5.41, 5.74) is 0. The average molecular weight is 280 g/mol. The summed E-state index contributed by atoms with van der Waals surface area (Å²) in [4.78, 5) is 12.9. The molecule has 1 aliphatic heterocycles. The minimum Gasteiger partial charge on any atom is -0.508 e. The van der Waals surface area contributed by atoms with Gasteiger partial charge in [-0.2, -0.15) is 0 Å². The van der Waals surface area contributed by atoms with Gasteiger partial charge in [-0.15, -0.1) is 11.8 Å². The zero-order chi connectivity index (χ0) is 13.7. The van der Waals surface area contributed by atoms with Crippen molar-refractivity contribution < 1.29 is 9.90 Å². The Bertz CT molecular complexity index is 422. The van der Waals surface area contributed by atoms with Gasteiger partial charge in [-0.25, -0.2) is 0 Å². The van der Waals surface area contributed by atoms with Gasteiger partial charge in [0.25, 0.3) is 0 Å². The van der Waals surface area contributed by atoms with Gasteiger partial charge in [0.15, 0.2) is 0 Å². The SMILES string of the molecule is CC1CCNCC1NC(=O)CSc1ccc(O)cc1. The molecule has 1 fully saturated rings. The topological polar surface area (TPSA) is 61.4 Å². The van der Waals surface area contributed by atoms with Crippen molar-refractivity contribution >= 4 is 17.7 Å². The highest BCUT2D eigenvalue weighted by atomic mass is 32.2. The van der Waals surface area contributed by atoms with Gasteiger partial charge >= 0.3 is 0 Å². The third-order valence-electron chi connectivity index (χ3n) is 3.38. The summed E-state index contributed by atoms with van der Waals surface area (Å²) in [5.74, 6) is 1.26. The molecule has 1 aromatic rings. The summed E-state index contributed by atoms with van der Waals surface area (Å²) < 4.78 is 0. The van der Waals surface area contributed by atoms with Crippen molar-refractivity contribution in [1.82, 2.24) is 10.6 Å². The van der Waals surface area contributed by atoms with E-state index in [-0.39, 0.29) is 17.7 Å². The van der Waals surface area contributed by atoms with Crippen molar-refractivity contribution in [2.24, 2.45) is 5.92 Å². The van der Waals surface area contributed by atoms with E-state index >= 15 is 0 Å². The van der Waals surface area contributed by atoms with Crippen LogP contribution in [0, 0.1) is 5.92 Å². The minimum atomic E-state index is 0.0682. The molecule has 1 amide bonds. The molecule has 104 valence electrons. The predicted octanol–water partition coefficient (Wildman–Crippen LogP) is 1.60. The normalized spacial score (nSPS) is 23.0. The van der Waals surface area contributed by atoms with Crippen molar-refractivity contribution in [3.8, 4) is 5.75 Å². The number of hydrogen-bond acceptors (Lipinski definition) is 4. The second-order valence-corrected chi connectivity index (χ2v) is 5.98. The highest BCUT2D eigenvalue weighted by Gasteiger charge is 2.22. The molecule has 19 heavy (non-hydrogen) atoms. The summed E-state index contributed by atoms with van der Waals surface area (Å²) in [5, 5.41) is 15.6. The van der Waals surface area contributed by atoms with E-state index in [1.807, 2.05) is 12.1 Å². The number of phenols is 1. The quantitative estimate of drug-likeness (QED) is 0.733. The molecular weight excluding hydrogens is 260 g/mol. The molecule has 0 radical (unpaired) electrons. The first-order valence-corrected chi connectivity index (χ1v) is 7.55. The number of thioether (sulfide) groups is 1. The molecule has 5 heteroatoms. The predicted molar refractivity (Wildman–Crippen MR) is 77.4 cm³/mol. The number of carbonyl (C=O) groups is 1. The zero-order valence-corrected chi connectivity index (χ0v) is 11.9. The molecule has 0 aromatic heterocycles. The molecule has 2 atom stereocenters. The van der Waals surface area contributed by atoms with Gasteiger partial charge in [0, 0.05) is 17.5 Å². The van der Waals surface area contributed by atoms with Crippen molar-refractivity contribution in [1.29, 1.82) is 0 Å². The summed E-state index contributed by atoms with van der Waals surface area (Å²) in [6, 6.07) is 7.14. The van der Waals surface area contributed by atoms with Gasteiger partial charge in [-0.3, -0.25) is 4.79 Å². The first kappa shape index (κ1) is 14.2. The highest BCUT2D eigenvalue weighted by molar-refractivity contribution is 8.00. The van der Waals surface area contributed by atoms with E-state index in [4.69, 9.17) is 0 Å². The molecule has 2 unspecified atom stereocenters. The molecule has 0 spiro atoms. The maximum absolute atomic E-state index is 11.9. The third-order valence-corrected chi connectivity index (χ3v) is 4.39. The number of hydrogen-bond donors (Lipinski definition) is 3. The number of aromatic hydroxyl groups is 1. The molecule has 0 bridgehead atoms. The minimum absolute atomic E-state index is 0.0682. The van der Waals surface area contributed by atoms with Crippen molar-refractivity contribution in [3.05, 3.63) is 24.3 Å². The van der Waals surface area contributed by atoms with Crippen LogP contribution in [0.4, 0.5) is 0 Å². The molecular formula is C14H20N2O2S. The number of rotatable bonds is 4. The molecule has 0 aliphatic carbocycles. The first-order chi connectivity index (χ1) is 9.15. The first-order valence-electron chi connectivity index (χ1n) is 6.57. The second kappa shape index (κ2) is 6.82. The summed E-state index contributed by atoms with van der Waals surface area (Å²) >= 11 is 1.48. The van der Waals surface area contributed by atoms with Gasteiger partial charge in [-0.1, -0.05) is 6.92 Å². The largest absolute Gasteiger partial charge is 0.508 e. The lowest BCUT2D eigenvalue weighted by Crippen LogP contribution is -2.50. The summed E-state index contributed by atoms with van der Waals surface area (Å²) in [7, 11) is 0. The number of piperidine rings is 1. The second-order valence-electron chi connectivity index (χ2n) is 4.93. The number of benzene rings is 1. The Balaban J connectivity index is 1.76. The van der Waals surface area contributed by atoms with Crippen molar-refractivity contribution in [2.75, 3.05) is 18.8 Å². The zero-order valence-electron chi connectivity index (χ0n) is 11.1. The van der Waals surface area contributed by atoms with Gasteiger partial charge in [0.05, 0.1) is 5.75 Å². The van der Waals surface area contributed by atoms with E-state index in [9.17, 15) is 9.90 Å². The number of phenolic OH excluding ortho intramolecular Hbond substituents is 1. The molecule has 1 aromatic carbocycles. The number of amides is 1. The van der Waals surface area contributed by atoms with Crippen LogP contribution in [0.1, 0.15) is 13.3 Å². The summed E-state index contributed by atoms with van der Waals surface area (Å²) in [6.45, 7) is 4.07. The van der Waals surface area contributed by atoms with E-state index in [2.05, 4.69) is 17.6 Å². The molecule has 1 aliphatic rings. The van der Waals surface area contributed by atoms with Crippen LogP contribution in [-0.4, -0.2) is 35.9 Å². The Hall–Kier alpha value is -1.20. The monoisotopic (exact) mass is 280 g/mol. The maximum atomic E-state index is 11.9. The lowest BCUT2D eigenvalue weighted by atomic mass is 9.95. The fourth-order valence-corrected chi connectivity index (χ4v) is 2.83. The van der Waals surface area contributed by atoms with E-state index < -0.39 is 0 Å². The van der Waals surface area contributed by atoms with Gasteiger partial charge in [0.2, 0.25) is 5.91 Å². The fraction of sp³-hybridized carbons (Fsp3) is 0.500. The van der Waals surface area contributed by atoms with E-state index in [0.29, 0.717) is 11.7 Å². The average Bonchev–Trinajstić information content (AvgIpc) is 2.41. The molecule has 0 saturated carbocycles. The van der Waals surface area contributed by atoms with Crippen LogP contribution < -0.4 is 10.6 Å². The third kappa shape index (κ3) is 4.44. The Morgan fingerprint density at radius 3 is 2.89 bits per heavy atom. The van der Waals surface area contributed by atoms with Crippen molar-refractivity contribution in [2.45, 2.75) is 24.3 Å². The van der Waals surface area contributed by atoms with E-state index in [1.165, 1.54) is 11.8 Å². The van der Waals surface area contributed by atoms with Crippen LogP contribution in [0.15, 0.2) is 29.2 Å². The molecule has 1 saturated heterocycles. The van der Waals surface area contributed by atoms with Crippen LogP contribution >= 0.6 is 11.8 Å². The lowest BCUT2D eigenvalue weighted by molar-refractivity contribution is -0.119. The van der Waals surface area contributed by atoms with Gasteiger partial charge in [0.1, 0.15) is 5.75 Å². The fourth-order valence-electron chi connectivity index (χ4n) is 2.12. The van der Waals surface area contributed by atoms with Crippen LogP contribution in [-0.2, 0) is 4.79 Å². The highest BCUT2D eigenvalue weighted by Crippen LogP contribution is 2.20. The van der Waals surface area contributed by atoms with Crippen LogP contribution in [0.5, 0.6) is 5.75 Å². The smallest absolute Gasteiger partial charge is 0.230 e. The summed E-state index contributed by atoms with van der Waals surface area (Å²) in [6.07, 6.45) is 1.11. The Labute approximate surface area is 118 Å². The van der Waals surface area contributed by atoms with Crippen LogP contribution in [0.3, 0.4) is 0 Å². The maximum Gasteiger partial charge on any atom is 0.230 e. The number of carbonyl (C=O) groups excluding carboxylic acids is 1. The van der Waals surface area contributed by atoms with Crippen molar-refractivity contribution in [3.63, 3.8) is 0 Å². The Morgan fingerprint density at radius 1 is 1.47 bits per heavy atom. The number of nitrogens with one attached hydrogen (secondary N) is 2. The van der Waals surface area contributed by atoms with Gasteiger partial charge in [-0.05, 0) is 43.1 Å². The lowest BCUT2D eigenvalue weighted by Gasteiger charge is -2.30. The molecule has 2 rings (SSSR count). The van der Waals surface area contributed by atoms with Crippen LogP contribution in [0.2, 0.25) is 0 Å². The molecule has 4 nitrogen and oxygen atoms in total. The van der Waals surface area contributed by atoms with E-state index in [0.717, 1.165) is 24.4 Å². The molecule has 1 heterocycles. The Morgan fingerprint density at radius 2 is 2.21 bits per heavy atom. The Kier molecular flexibility index (Phi) is 5.10. The van der Waals surface area contributed by atoms with Gasteiger partial charge < -0.3 is 15.7 Å². The van der Waals surface area contributed by atoms with E-state index in [1.54, 1.807) is 12.1 Å². The molecule has 3 N–H and O–H groups in total. The standard InChI is InChI=1S/C14H20N2O2S/c1-10-6-7-15-8-13(10)16-14(18)9-19-12-4-2-11(17)3-5-12/h2-5,10,13,15,17H,6-9H2,1H3,(H,16,18). The van der Waals surface area contributed by atoms with Crippen LogP contribution in [0.25, 0.3) is 0 Å².